The summed E-state index contributed by atoms with van der Waals surface area (Å²) in [6.07, 6.45) is 6.24. The normalized spacial score (nSPS) is 18.1. The lowest BCUT2D eigenvalue weighted by atomic mass is 9.90. The summed E-state index contributed by atoms with van der Waals surface area (Å²) in [5.41, 5.74) is 5.40. The third-order valence-electron chi connectivity index (χ3n) is 3.40. The molecule has 1 atom stereocenters. The summed E-state index contributed by atoms with van der Waals surface area (Å²) < 4.78 is 5.51. The second-order valence-electron chi connectivity index (χ2n) is 4.90. The van der Waals surface area contributed by atoms with Crippen LogP contribution < -0.4 is 5.73 Å². The Morgan fingerprint density at radius 3 is 2.83 bits per heavy atom. The van der Waals surface area contributed by atoms with Crippen molar-refractivity contribution in [3.8, 4) is 11.8 Å². The molecule has 18 heavy (non-hydrogen) atoms. The van der Waals surface area contributed by atoms with Gasteiger partial charge >= 0.3 is 0 Å². The van der Waals surface area contributed by atoms with Crippen molar-refractivity contribution in [2.45, 2.75) is 44.6 Å². The Hall–Kier alpha value is -1.24. The number of hydrogen-bond donors (Lipinski definition) is 2. The third-order valence-corrected chi connectivity index (χ3v) is 3.40. The quantitative estimate of drug-likeness (QED) is 0.807. The first kappa shape index (κ1) is 13.2. The van der Waals surface area contributed by atoms with Gasteiger partial charge in [-0.1, -0.05) is 25.2 Å². The van der Waals surface area contributed by atoms with Gasteiger partial charge in [0.15, 0.2) is 5.76 Å². The maximum Gasteiger partial charge on any atom is 0.177 e. The van der Waals surface area contributed by atoms with Crippen molar-refractivity contribution in [3.05, 3.63) is 23.7 Å². The fourth-order valence-corrected chi connectivity index (χ4v) is 2.32. The van der Waals surface area contributed by atoms with Crippen LogP contribution in [-0.4, -0.2) is 11.7 Å². The van der Waals surface area contributed by atoms with Crippen molar-refractivity contribution < 1.29 is 9.52 Å². The van der Waals surface area contributed by atoms with Gasteiger partial charge in [-0.2, -0.15) is 0 Å². The molecule has 1 unspecified atom stereocenters. The van der Waals surface area contributed by atoms with Crippen LogP contribution in [0.25, 0.3) is 0 Å². The average molecular weight is 247 g/mol. The Labute approximate surface area is 108 Å². The highest BCUT2D eigenvalue weighted by molar-refractivity contribution is 5.27. The van der Waals surface area contributed by atoms with Gasteiger partial charge in [-0.15, -0.1) is 0 Å². The van der Waals surface area contributed by atoms with Crippen molar-refractivity contribution >= 4 is 0 Å². The van der Waals surface area contributed by atoms with Gasteiger partial charge < -0.3 is 15.3 Å². The van der Waals surface area contributed by atoms with Crippen molar-refractivity contribution in [2.75, 3.05) is 6.54 Å². The van der Waals surface area contributed by atoms with Crippen LogP contribution in [0.5, 0.6) is 0 Å². The first-order valence-corrected chi connectivity index (χ1v) is 6.79. The lowest BCUT2D eigenvalue weighted by Gasteiger charge is -2.15. The Bertz CT molecular complexity index is 421. The van der Waals surface area contributed by atoms with E-state index < -0.39 is 6.10 Å². The van der Waals surface area contributed by atoms with Crippen LogP contribution in [0.2, 0.25) is 0 Å². The van der Waals surface area contributed by atoms with Crippen molar-refractivity contribution in [1.82, 2.24) is 0 Å². The summed E-state index contributed by atoms with van der Waals surface area (Å²) in [7, 11) is 0. The minimum atomic E-state index is -0.611. The molecule has 1 aliphatic rings. The van der Waals surface area contributed by atoms with Crippen LogP contribution in [0, 0.1) is 17.8 Å². The number of aliphatic hydroxyl groups excluding tert-OH is 1. The molecule has 3 heteroatoms. The predicted molar refractivity (Wildman–Crippen MR) is 70.8 cm³/mol. The van der Waals surface area contributed by atoms with E-state index in [1.807, 2.05) is 6.07 Å². The van der Waals surface area contributed by atoms with Gasteiger partial charge in [0.25, 0.3) is 0 Å². The summed E-state index contributed by atoms with van der Waals surface area (Å²) >= 11 is 0. The van der Waals surface area contributed by atoms with E-state index >= 15 is 0 Å². The van der Waals surface area contributed by atoms with Gasteiger partial charge in [0, 0.05) is 5.92 Å². The fourth-order valence-electron chi connectivity index (χ4n) is 2.32. The predicted octanol–water partition coefficient (Wildman–Crippen LogP) is 2.59. The highest BCUT2D eigenvalue weighted by Crippen LogP contribution is 2.23. The Balaban J connectivity index is 1.95. The highest BCUT2D eigenvalue weighted by Gasteiger charge is 2.12. The van der Waals surface area contributed by atoms with Crippen molar-refractivity contribution in [3.63, 3.8) is 0 Å². The van der Waals surface area contributed by atoms with Crippen molar-refractivity contribution in [2.24, 2.45) is 11.7 Å². The van der Waals surface area contributed by atoms with E-state index in [1.54, 1.807) is 6.07 Å². The fraction of sp³-hybridized carbons (Fsp3) is 0.600. The zero-order valence-electron chi connectivity index (χ0n) is 10.7. The van der Waals surface area contributed by atoms with Gasteiger partial charge in [-0.05, 0) is 43.9 Å². The van der Waals surface area contributed by atoms with Crippen LogP contribution in [0.4, 0.5) is 0 Å². The topological polar surface area (TPSA) is 59.4 Å². The number of hydrogen-bond acceptors (Lipinski definition) is 3. The second kappa shape index (κ2) is 6.63. The van der Waals surface area contributed by atoms with E-state index in [9.17, 15) is 5.11 Å². The molecule has 1 aromatic heterocycles. The molecule has 1 fully saturated rings. The standard InChI is InChI=1S/C15H21NO2/c16-11-10-14(17)15-9-8-13(18-15)7-6-12-4-2-1-3-5-12/h8-9,12,14,17H,1-5,10-11,16H2. The van der Waals surface area contributed by atoms with Gasteiger partial charge in [0.05, 0.1) is 0 Å². The van der Waals surface area contributed by atoms with E-state index in [-0.39, 0.29) is 0 Å². The smallest absolute Gasteiger partial charge is 0.177 e. The van der Waals surface area contributed by atoms with E-state index in [2.05, 4.69) is 11.8 Å². The molecule has 1 aliphatic carbocycles. The number of nitrogens with two attached hydrogens (primary N) is 1. The van der Waals surface area contributed by atoms with E-state index in [4.69, 9.17) is 10.2 Å². The lowest BCUT2D eigenvalue weighted by Crippen LogP contribution is -2.05. The van der Waals surface area contributed by atoms with Gasteiger partial charge in [0.2, 0.25) is 0 Å². The molecule has 1 heterocycles. The Morgan fingerprint density at radius 2 is 2.11 bits per heavy atom. The molecule has 98 valence electrons. The molecule has 0 aromatic carbocycles. The Morgan fingerprint density at radius 1 is 1.33 bits per heavy atom. The van der Waals surface area contributed by atoms with Crippen LogP contribution in [-0.2, 0) is 0 Å². The van der Waals surface area contributed by atoms with Crippen molar-refractivity contribution in [1.29, 1.82) is 0 Å². The molecule has 0 aliphatic heterocycles. The number of aliphatic hydroxyl groups is 1. The van der Waals surface area contributed by atoms with E-state index in [0.717, 1.165) is 0 Å². The Kier molecular flexibility index (Phi) is 4.86. The highest BCUT2D eigenvalue weighted by atomic mass is 16.4. The first-order chi connectivity index (χ1) is 8.79. The lowest BCUT2D eigenvalue weighted by molar-refractivity contribution is 0.142. The maximum atomic E-state index is 9.73. The molecule has 1 aromatic rings. The molecule has 0 bridgehead atoms. The molecule has 3 nitrogen and oxygen atoms in total. The average Bonchev–Trinajstić information content (AvgIpc) is 2.87. The molecule has 0 amide bonds. The maximum absolute atomic E-state index is 9.73. The SMILES string of the molecule is NCCC(O)c1ccc(C#CC2CCCCC2)o1. The molecule has 0 spiro atoms. The van der Waals surface area contributed by atoms with E-state index in [0.29, 0.717) is 30.4 Å². The molecular formula is C15H21NO2. The monoisotopic (exact) mass is 247 g/mol. The minimum Gasteiger partial charge on any atom is -0.450 e. The minimum absolute atomic E-state index is 0.449. The first-order valence-electron chi connectivity index (χ1n) is 6.79. The van der Waals surface area contributed by atoms with Crippen LogP contribution in [0.1, 0.15) is 56.1 Å². The zero-order chi connectivity index (χ0) is 12.8. The molecule has 1 saturated carbocycles. The third kappa shape index (κ3) is 3.63. The van der Waals surface area contributed by atoms with E-state index in [1.165, 1.54) is 32.1 Å². The van der Waals surface area contributed by atoms with Crippen LogP contribution >= 0.6 is 0 Å². The van der Waals surface area contributed by atoms with Crippen LogP contribution in [0.3, 0.4) is 0 Å². The van der Waals surface area contributed by atoms with Gasteiger partial charge in [-0.3, -0.25) is 0 Å². The largest absolute Gasteiger partial charge is 0.450 e. The molecular weight excluding hydrogens is 226 g/mol. The van der Waals surface area contributed by atoms with Gasteiger partial charge in [-0.25, -0.2) is 0 Å². The zero-order valence-corrected chi connectivity index (χ0v) is 10.7. The van der Waals surface area contributed by atoms with Gasteiger partial charge in [0.1, 0.15) is 11.9 Å². The molecule has 0 radical (unpaired) electrons. The summed E-state index contributed by atoms with van der Waals surface area (Å²) in [5.74, 6) is 8.07. The summed E-state index contributed by atoms with van der Waals surface area (Å²) in [6.45, 7) is 0.449. The number of furan rings is 1. The summed E-state index contributed by atoms with van der Waals surface area (Å²) in [5, 5.41) is 9.73. The molecule has 0 saturated heterocycles. The van der Waals surface area contributed by atoms with Crippen LogP contribution in [0.15, 0.2) is 16.5 Å². The summed E-state index contributed by atoms with van der Waals surface area (Å²) in [6, 6.07) is 3.61. The second-order valence-corrected chi connectivity index (χ2v) is 4.90. The molecule has 3 N–H and O–H groups in total. The molecule has 2 rings (SSSR count). The number of rotatable bonds is 3. The summed E-state index contributed by atoms with van der Waals surface area (Å²) in [4.78, 5) is 0.